The zero-order valence-corrected chi connectivity index (χ0v) is 33.7. The van der Waals surface area contributed by atoms with E-state index in [4.69, 9.17) is 33.2 Å². The van der Waals surface area contributed by atoms with Crippen LogP contribution in [0.4, 0.5) is 0 Å². The predicted octanol–water partition coefficient (Wildman–Crippen LogP) is 9.67. The van der Waals surface area contributed by atoms with Gasteiger partial charge in [-0.2, -0.15) is 0 Å². The number of carbonyl (C=O) groups excluding carboxylic acids is 1. The second-order valence-corrected chi connectivity index (χ2v) is 24.8. The molecule has 0 fully saturated rings. The first kappa shape index (κ1) is 42.6. The fourth-order valence-electron chi connectivity index (χ4n) is 3.17. The second kappa shape index (κ2) is 23.0. The molecule has 2 aromatic carbocycles. The van der Waals surface area contributed by atoms with Crippen molar-refractivity contribution in [2.24, 2.45) is 0 Å². The lowest BCUT2D eigenvalue weighted by molar-refractivity contribution is 0.0202. The Balaban J connectivity index is 0.000000799. The third kappa shape index (κ3) is 18.5. The standard InChI is InChI=1S/C16H27BrO4Si.C14H21BrO4Si.C2H6/c1-6-19-11-13-9-16(15(18-2)10-14(13)17)21-12-20-7-8-22(3,4)5;1-17-13-8-12(15)11(9-16)7-14(13)19-10-18-5-6-20(2,3)4;1-2/h9-10H,6-8,11-12H2,1-5H3;7-9H,5-6,10H2,1-4H3;1-2H3. The van der Waals surface area contributed by atoms with Crippen molar-refractivity contribution in [3.05, 3.63) is 44.3 Å². The number of benzene rings is 2. The van der Waals surface area contributed by atoms with Gasteiger partial charge in [0.1, 0.15) is 0 Å². The molecule has 0 N–H and O–H groups in total. The Morgan fingerprint density at radius 2 is 1.14 bits per heavy atom. The summed E-state index contributed by atoms with van der Waals surface area (Å²) in [5.74, 6) is 2.43. The summed E-state index contributed by atoms with van der Waals surface area (Å²) in [5.41, 5.74) is 1.54. The second-order valence-electron chi connectivity index (χ2n) is 11.8. The van der Waals surface area contributed by atoms with Gasteiger partial charge in [-0.3, -0.25) is 4.79 Å². The quantitative estimate of drug-likeness (QED) is 0.0641. The molecule has 0 atom stereocenters. The molecule has 0 heterocycles. The number of aldehydes is 1. The summed E-state index contributed by atoms with van der Waals surface area (Å²) >= 11 is 6.83. The van der Waals surface area contributed by atoms with Crippen molar-refractivity contribution in [1.82, 2.24) is 0 Å². The van der Waals surface area contributed by atoms with Crippen LogP contribution in [-0.2, 0) is 20.8 Å². The number of rotatable bonds is 18. The van der Waals surface area contributed by atoms with Gasteiger partial charge in [0.25, 0.3) is 0 Å². The molecular formula is C32H54Br2O8Si2. The molecule has 252 valence electrons. The average Bonchev–Trinajstić information content (AvgIpc) is 2.97. The van der Waals surface area contributed by atoms with Crippen molar-refractivity contribution in [2.45, 2.75) is 78.7 Å². The van der Waals surface area contributed by atoms with Crippen LogP contribution in [0.1, 0.15) is 36.7 Å². The molecule has 0 aliphatic carbocycles. The third-order valence-electron chi connectivity index (χ3n) is 5.79. The van der Waals surface area contributed by atoms with E-state index in [2.05, 4.69) is 71.1 Å². The van der Waals surface area contributed by atoms with Crippen LogP contribution in [0.3, 0.4) is 0 Å². The van der Waals surface area contributed by atoms with Gasteiger partial charge in [0, 0.05) is 50.5 Å². The van der Waals surface area contributed by atoms with E-state index in [0.29, 0.717) is 52.9 Å². The van der Waals surface area contributed by atoms with Crippen LogP contribution in [0, 0.1) is 0 Å². The maximum absolute atomic E-state index is 10.9. The van der Waals surface area contributed by atoms with E-state index >= 15 is 0 Å². The lowest BCUT2D eigenvalue weighted by atomic mass is 10.2. The zero-order valence-electron chi connectivity index (χ0n) is 28.6. The summed E-state index contributed by atoms with van der Waals surface area (Å²) in [5, 5.41) is 0. The van der Waals surface area contributed by atoms with Gasteiger partial charge >= 0.3 is 0 Å². The fourth-order valence-corrected chi connectivity index (χ4v) is 5.54. The van der Waals surface area contributed by atoms with Crippen LogP contribution in [0.25, 0.3) is 0 Å². The van der Waals surface area contributed by atoms with Gasteiger partial charge in [0.05, 0.1) is 20.8 Å². The highest BCUT2D eigenvalue weighted by Crippen LogP contribution is 2.34. The molecule has 0 spiro atoms. The van der Waals surface area contributed by atoms with Gasteiger partial charge in [-0.1, -0.05) is 69.1 Å². The molecule has 0 aliphatic rings. The lowest BCUT2D eigenvalue weighted by Crippen LogP contribution is -2.22. The number of methoxy groups -OCH3 is 2. The van der Waals surface area contributed by atoms with E-state index in [9.17, 15) is 4.79 Å². The van der Waals surface area contributed by atoms with Gasteiger partial charge in [-0.15, -0.1) is 0 Å². The molecular weight excluding hydrogens is 728 g/mol. The minimum atomic E-state index is -1.08. The van der Waals surface area contributed by atoms with E-state index in [-0.39, 0.29) is 13.6 Å². The van der Waals surface area contributed by atoms with Crippen LogP contribution >= 0.6 is 31.9 Å². The summed E-state index contributed by atoms with van der Waals surface area (Å²) in [4.78, 5) is 10.9. The van der Waals surface area contributed by atoms with E-state index in [1.165, 1.54) is 0 Å². The van der Waals surface area contributed by atoms with Crippen molar-refractivity contribution in [2.75, 3.05) is 47.6 Å². The van der Waals surface area contributed by atoms with Crippen molar-refractivity contribution in [1.29, 1.82) is 0 Å². The molecule has 0 radical (unpaired) electrons. The van der Waals surface area contributed by atoms with E-state index in [1.807, 2.05) is 32.9 Å². The van der Waals surface area contributed by atoms with Gasteiger partial charge in [-0.25, -0.2) is 0 Å². The molecule has 0 saturated heterocycles. The monoisotopic (exact) mass is 780 g/mol. The topological polar surface area (TPSA) is 81.7 Å². The molecule has 0 bridgehead atoms. The summed E-state index contributed by atoms with van der Waals surface area (Å²) in [6.45, 7) is 22.9. The van der Waals surface area contributed by atoms with Crippen LogP contribution < -0.4 is 18.9 Å². The summed E-state index contributed by atoms with van der Waals surface area (Å²) in [7, 11) is 1.04. The molecule has 0 aliphatic heterocycles. The average molecular weight is 783 g/mol. The van der Waals surface area contributed by atoms with Crippen molar-refractivity contribution >= 4 is 54.3 Å². The summed E-state index contributed by atoms with van der Waals surface area (Å²) in [6, 6.07) is 9.39. The number of carbonyl (C=O) groups is 1. The minimum Gasteiger partial charge on any atom is -0.493 e. The summed E-state index contributed by atoms with van der Waals surface area (Å²) < 4.78 is 39.9. The predicted molar refractivity (Wildman–Crippen MR) is 193 cm³/mol. The Morgan fingerprint density at radius 1 is 0.682 bits per heavy atom. The molecule has 44 heavy (non-hydrogen) atoms. The van der Waals surface area contributed by atoms with Crippen molar-refractivity contribution in [3.8, 4) is 23.0 Å². The Kier molecular flexibility index (Phi) is 22.2. The Morgan fingerprint density at radius 3 is 1.55 bits per heavy atom. The van der Waals surface area contributed by atoms with E-state index in [0.717, 1.165) is 35.0 Å². The molecule has 0 saturated carbocycles. The molecule has 0 amide bonds. The van der Waals surface area contributed by atoms with Gasteiger partial charge in [-0.05, 0) is 64.8 Å². The maximum atomic E-state index is 10.9. The first-order valence-corrected chi connectivity index (χ1v) is 23.9. The molecule has 2 rings (SSSR count). The number of ether oxygens (including phenoxy) is 7. The van der Waals surface area contributed by atoms with Crippen molar-refractivity contribution < 1.29 is 38.0 Å². The van der Waals surface area contributed by atoms with Crippen LogP contribution in [0.5, 0.6) is 23.0 Å². The first-order valence-electron chi connectivity index (χ1n) is 14.9. The number of halogens is 2. The van der Waals surface area contributed by atoms with E-state index in [1.54, 1.807) is 26.4 Å². The van der Waals surface area contributed by atoms with E-state index < -0.39 is 16.1 Å². The molecule has 2 aromatic rings. The van der Waals surface area contributed by atoms with Gasteiger partial charge in [0.15, 0.2) is 42.9 Å². The Hall–Kier alpha value is -1.42. The normalized spacial score (nSPS) is 11.0. The molecule has 0 unspecified atom stereocenters. The Bertz CT molecular complexity index is 1090. The van der Waals surface area contributed by atoms with Crippen LogP contribution in [0.15, 0.2) is 33.2 Å². The molecule has 12 heteroatoms. The highest BCUT2D eigenvalue weighted by atomic mass is 79.9. The third-order valence-corrected chi connectivity index (χ3v) is 10.6. The van der Waals surface area contributed by atoms with Gasteiger partial charge in [0.2, 0.25) is 0 Å². The van der Waals surface area contributed by atoms with Crippen LogP contribution in [-0.4, -0.2) is 70.1 Å². The first-order chi connectivity index (χ1) is 20.7. The van der Waals surface area contributed by atoms with Crippen molar-refractivity contribution in [3.63, 3.8) is 0 Å². The Labute approximate surface area is 284 Å². The summed E-state index contributed by atoms with van der Waals surface area (Å²) in [6.07, 6.45) is 0.766. The fraction of sp³-hybridized carbons (Fsp3) is 0.594. The van der Waals surface area contributed by atoms with Crippen LogP contribution in [0.2, 0.25) is 51.4 Å². The SMILES string of the molecule is CC.CCOCc1cc(OCOCC[Si](C)(C)C)c(OC)cc1Br.COc1cc(Br)c(C=O)cc1OCOCC[Si](C)(C)C. The number of hydrogen-bond acceptors (Lipinski definition) is 8. The largest absolute Gasteiger partial charge is 0.493 e. The number of hydrogen-bond donors (Lipinski definition) is 0. The zero-order chi connectivity index (χ0) is 33.8. The highest BCUT2D eigenvalue weighted by Gasteiger charge is 2.15. The molecule has 8 nitrogen and oxygen atoms in total. The minimum absolute atomic E-state index is 0.154. The molecule has 0 aromatic heterocycles. The van der Waals surface area contributed by atoms with Gasteiger partial charge < -0.3 is 33.2 Å². The lowest BCUT2D eigenvalue weighted by Gasteiger charge is -2.17. The maximum Gasteiger partial charge on any atom is 0.189 e. The highest BCUT2D eigenvalue weighted by molar-refractivity contribution is 9.10. The smallest absolute Gasteiger partial charge is 0.189 e.